The summed E-state index contributed by atoms with van der Waals surface area (Å²) in [6.07, 6.45) is 3.59. The maximum atomic E-state index is 11.9. The second-order valence-electron chi connectivity index (χ2n) is 6.31. The molecule has 2 amide bonds. The molecular weight excluding hydrogens is 248 g/mol. The lowest BCUT2D eigenvalue weighted by Gasteiger charge is -2.47. The number of nitrogens with one attached hydrogen (secondary N) is 1. The molecule has 1 saturated carbocycles. The van der Waals surface area contributed by atoms with Gasteiger partial charge in [0.05, 0.1) is 13.1 Å². The number of urea groups is 1. The number of carboxylic acids is 1. The van der Waals surface area contributed by atoms with Gasteiger partial charge in [0.1, 0.15) is 12.2 Å². The Bertz CT molecular complexity index is 373. The minimum absolute atomic E-state index is 0.0791. The zero-order valence-corrected chi connectivity index (χ0v) is 11.6. The number of hydrogen-bond acceptors (Lipinski definition) is 3. The van der Waals surface area contributed by atoms with E-state index in [9.17, 15) is 9.59 Å². The second kappa shape index (κ2) is 5.00. The number of hydrogen-bond donors (Lipinski definition) is 2. The van der Waals surface area contributed by atoms with Gasteiger partial charge in [0.15, 0.2) is 0 Å². The van der Waals surface area contributed by atoms with E-state index < -0.39 is 11.6 Å². The lowest BCUT2D eigenvalue weighted by molar-refractivity contribution is -0.159. The van der Waals surface area contributed by atoms with E-state index in [1.165, 1.54) is 19.3 Å². The van der Waals surface area contributed by atoms with Gasteiger partial charge in [-0.1, -0.05) is 13.3 Å². The van der Waals surface area contributed by atoms with Crippen molar-refractivity contribution in [1.82, 2.24) is 10.2 Å². The van der Waals surface area contributed by atoms with E-state index in [1.54, 1.807) is 4.90 Å². The highest BCUT2D eigenvalue weighted by molar-refractivity contribution is 5.75. The number of ether oxygens (including phenoxy) is 1. The largest absolute Gasteiger partial charge is 0.480 e. The maximum Gasteiger partial charge on any atom is 0.329 e. The van der Waals surface area contributed by atoms with Crippen molar-refractivity contribution in [3.05, 3.63) is 0 Å². The summed E-state index contributed by atoms with van der Waals surface area (Å²) in [5.74, 6) is -0.984. The molecule has 2 rings (SSSR count). The van der Waals surface area contributed by atoms with Gasteiger partial charge >= 0.3 is 12.0 Å². The smallest absolute Gasteiger partial charge is 0.329 e. The zero-order chi connectivity index (χ0) is 14.1. The topological polar surface area (TPSA) is 78.9 Å². The Morgan fingerprint density at radius 1 is 1.32 bits per heavy atom. The molecule has 0 radical (unpaired) electrons. The van der Waals surface area contributed by atoms with Gasteiger partial charge in [-0.2, -0.15) is 0 Å². The molecule has 2 fully saturated rings. The van der Waals surface area contributed by atoms with E-state index in [4.69, 9.17) is 9.84 Å². The van der Waals surface area contributed by atoms with Crippen molar-refractivity contribution in [2.45, 2.75) is 38.7 Å². The van der Waals surface area contributed by atoms with Gasteiger partial charge in [0, 0.05) is 6.54 Å². The molecule has 6 heteroatoms. The number of aliphatic carboxylic acids is 1. The molecule has 1 saturated heterocycles. The molecule has 0 unspecified atom stereocenters. The van der Waals surface area contributed by atoms with Crippen LogP contribution in [-0.2, 0) is 9.53 Å². The van der Waals surface area contributed by atoms with Gasteiger partial charge in [-0.25, -0.2) is 9.59 Å². The highest BCUT2D eigenvalue weighted by Gasteiger charge is 2.43. The highest BCUT2D eigenvalue weighted by Crippen LogP contribution is 2.39. The number of carbonyl (C=O) groups is 2. The van der Waals surface area contributed by atoms with Crippen LogP contribution in [0.4, 0.5) is 4.79 Å². The fourth-order valence-electron chi connectivity index (χ4n) is 2.59. The summed E-state index contributed by atoms with van der Waals surface area (Å²) in [7, 11) is 0. The number of nitrogens with zero attached hydrogens (tertiary/aromatic N) is 1. The Balaban J connectivity index is 1.67. The molecule has 0 aromatic carbocycles. The number of carbonyl (C=O) groups excluding carboxylic acids is 1. The monoisotopic (exact) mass is 270 g/mol. The van der Waals surface area contributed by atoms with Crippen LogP contribution < -0.4 is 5.32 Å². The number of carboxylic acid groups (broad SMARTS) is 1. The van der Waals surface area contributed by atoms with Crippen molar-refractivity contribution in [1.29, 1.82) is 0 Å². The maximum absolute atomic E-state index is 11.9. The lowest BCUT2D eigenvalue weighted by Crippen LogP contribution is -2.65. The molecule has 1 heterocycles. The van der Waals surface area contributed by atoms with Gasteiger partial charge in [0.25, 0.3) is 0 Å². The van der Waals surface area contributed by atoms with Crippen LogP contribution in [0, 0.1) is 5.41 Å². The average Bonchev–Trinajstić information content (AvgIpc) is 2.27. The molecule has 2 N–H and O–H groups in total. The molecule has 1 aliphatic heterocycles. The molecule has 0 aromatic heterocycles. The average molecular weight is 270 g/mol. The normalized spacial score (nSPS) is 23.2. The van der Waals surface area contributed by atoms with E-state index in [-0.39, 0.29) is 18.1 Å². The van der Waals surface area contributed by atoms with Crippen LogP contribution >= 0.6 is 0 Å². The Hall–Kier alpha value is -1.30. The van der Waals surface area contributed by atoms with Crippen LogP contribution in [0.1, 0.15) is 33.1 Å². The first kappa shape index (κ1) is 14.1. The summed E-state index contributed by atoms with van der Waals surface area (Å²) in [4.78, 5) is 24.0. The second-order valence-corrected chi connectivity index (χ2v) is 6.31. The first-order chi connectivity index (χ1) is 8.82. The Kier molecular flexibility index (Phi) is 3.71. The van der Waals surface area contributed by atoms with Gasteiger partial charge < -0.3 is 20.1 Å². The molecule has 0 bridgehead atoms. The summed E-state index contributed by atoms with van der Waals surface area (Å²) in [5.41, 5.74) is -0.250. The predicted octanol–water partition coefficient (Wildman–Crippen LogP) is 1.06. The molecule has 19 heavy (non-hydrogen) atoms. The third kappa shape index (κ3) is 3.37. The minimum atomic E-state index is -0.984. The number of amides is 2. The third-order valence-corrected chi connectivity index (χ3v) is 4.11. The summed E-state index contributed by atoms with van der Waals surface area (Å²) >= 11 is 0. The summed E-state index contributed by atoms with van der Waals surface area (Å²) < 4.78 is 5.26. The van der Waals surface area contributed by atoms with Crippen molar-refractivity contribution in [2.24, 2.45) is 5.41 Å². The van der Waals surface area contributed by atoms with Crippen LogP contribution in [0.3, 0.4) is 0 Å². The zero-order valence-electron chi connectivity index (χ0n) is 11.6. The highest BCUT2D eigenvalue weighted by atomic mass is 16.5. The summed E-state index contributed by atoms with van der Waals surface area (Å²) in [6.45, 7) is 5.31. The molecular formula is C13H22N2O4. The molecule has 108 valence electrons. The summed E-state index contributed by atoms with van der Waals surface area (Å²) in [6, 6.07) is -0.0791. The number of likely N-dealkylation sites (tertiary alicyclic amines) is 1. The molecule has 0 spiro atoms. The Morgan fingerprint density at radius 2 is 1.95 bits per heavy atom. The van der Waals surface area contributed by atoms with Crippen LogP contribution in [0.2, 0.25) is 0 Å². The van der Waals surface area contributed by atoms with Crippen molar-refractivity contribution >= 4 is 12.0 Å². The Morgan fingerprint density at radius 3 is 2.42 bits per heavy atom. The molecule has 6 nitrogen and oxygen atoms in total. The van der Waals surface area contributed by atoms with Crippen LogP contribution in [-0.4, -0.2) is 53.8 Å². The fraction of sp³-hybridized carbons (Fsp3) is 0.846. The van der Waals surface area contributed by atoms with E-state index >= 15 is 0 Å². The van der Waals surface area contributed by atoms with Crippen molar-refractivity contribution in [3.8, 4) is 0 Å². The SMILES string of the molecule is CC1(CNC(=O)N2CC(C)(OCC(=O)O)C2)CCC1. The van der Waals surface area contributed by atoms with Crippen LogP contribution in [0.25, 0.3) is 0 Å². The predicted molar refractivity (Wildman–Crippen MR) is 68.9 cm³/mol. The molecule has 0 aromatic rings. The minimum Gasteiger partial charge on any atom is -0.480 e. The quantitative estimate of drug-likeness (QED) is 0.783. The van der Waals surface area contributed by atoms with Crippen LogP contribution in [0.15, 0.2) is 0 Å². The molecule has 1 aliphatic carbocycles. The molecule has 2 aliphatic rings. The van der Waals surface area contributed by atoms with Crippen molar-refractivity contribution < 1.29 is 19.4 Å². The van der Waals surface area contributed by atoms with E-state index in [2.05, 4.69) is 12.2 Å². The van der Waals surface area contributed by atoms with Crippen LogP contribution in [0.5, 0.6) is 0 Å². The van der Waals surface area contributed by atoms with Gasteiger partial charge in [-0.3, -0.25) is 0 Å². The molecule has 0 atom stereocenters. The van der Waals surface area contributed by atoms with Crippen molar-refractivity contribution in [3.63, 3.8) is 0 Å². The Labute approximate surface area is 113 Å². The third-order valence-electron chi connectivity index (χ3n) is 4.11. The first-order valence-electron chi connectivity index (χ1n) is 6.71. The first-order valence-corrected chi connectivity index (χ1v) is 6.71. The van der Waals surface area contributed by atoms with Crippen molar-refractivity contribution in [2.75, 3.05) is 26.2 Å². The van der Waals surface area contributed by atoms with E-state index in [0.29, 0.717) is 13.1 Å². The standard InChI is InChI=1S/C13H22N2O4/c1-12(4-3-5-12)7-14-11(18)15-8-13(2,9-15)19-6-10(16)17/h3-9H2,1-2H3,(H,14,18)(H,16,17). The fourth-order valence-corrected chi connectivity index (χ4v) is 2.59. The summed E-state index contributed by atoms with van der Waals surface area (Å²) in [5, 5.41) is 11.5. The van der Waals surface area contributed by atoms with Gasteiger partial charge in [0.2, 0.25) is 0 Å². The number of rotatable bonds is 5. The van der Waals surface area contributed by atoms with E-state index in [0.717, 1.165) is 6.54 Å². The van der Waals surface area contributed by atoms with E-state index in [1.807, 2.05) is 6.92 Å². The van der Waals surface area contributed by atoms with Gasteiger partial charge in [-0.15, -0.1) is 0 Å². The van der Waals surface area contributed by atoms with Gasteiger partial charge in [-0.05, 0) is 25.2 Å². The lowest BCUT2D eigenvalue weighted by atomic mass is 9.70.